The zero-order valence-corrected chi connectivity index (χ0v) is 42.3. The lowest BCUT2D eigenvalue weighted by Gasteiger charge is -2.21. The van der Waals surface area contributed by atoms with E-state index in [9.17, 15) is 28.9 Å². The van der Waals surface area contributed by atoms with Gasteiger partial charge in [-0.3, -0.25) is 23.4 Å². The molecule has 0 heterocycles. The molecule has 0 radical (unpaired) electrons. The fourth-order valence-corrected chi connectivity index (χ4v) is 7.20. The second kappa shape index (κ2) is 48.1. The predicted molar refractivity (Wildman–Crippen MR) is 270 cm³/mol. The first-order valence-corrected chi connectivity index (χ1v) is 27.0. The highest BCUT2D eigenvalue weighted by atomic mass is 31.2. The Morgan fingerprint density at radius 1 is 0.439 bits per heavy atom. The third-order valence-electron chi connectivity index (χ3n) is 10.3. The molecule has 12 heteroatoms. The highest BCUT2D eigenvalue weighted by molar-refractivity contribution is 7.47. The lowest BCUT2D eigenvalue weighted by Crippen LogP contribution is -2.30. The fourth-order valence-electron chi connectivity index (χ4n) is 6.42. The van der Waals surface area contributed by atoms with Crippen LogP contribution >= 0.6 is 7.82 Å². The van der Waals surface area contributed by atoms with Gasteiger partial charge in [-0.1, -0.05) is 189 Å². The van der Waals surface area contributed by atoms with Gasteiger partial charge in [0.15, 0.2) is 6.10 Å². The fraction of sp³-hybridized carbons (Fsp3) is 0.685. The van der Waals surface area contributed by atoms with E-state index in [0.717, 1.165) is 89.9 Å². The zero-order chi connectivity index (χ0) is 48.4. The molecule has 0 rings (SSSR count). The summed E-state index contributed by atoms with van der Waals surface area (Å²) in [5.41, 5.74) is 0. The first-order chi connectivity index (χ1) is 32.2. The van der Waals surface area contributed by atoms with Crippen molar-refractivity contribution in [1.82, 2.24) is 0 Å². The van der Waals surface area contributed by atoms with E-state index >= 15 is 0 Å². The number of unbranched alkanes of at least 4 members (excludes halogenated alkanes) is 15. The number of aliphatic hydroxyl groups excluding tert-OH is 1. The van der Waals surface area contributed by atoms with E-state index in [4.69, 9.17) is 23.3 Å². The lowest BCUT2D eigenvalue weighted by atomic mass is 10.1. The Morgan fingerprint density at radius 3 is 1.35 bits per heavy atom. The van der Waals surface area contributed by atoms with Crippen molar-refractivity contribution < 1.29 is 52.2 Å². The maximum atomic E-state index is 12.8. The van der Waals surface area contributed by atoms with Crippen molar-refractivity contribution in [2.45, 2.75) is 213 Å². The van der Waals surface area contributed by atoms with E-state index in [1.54, 1.807) is 0 Å². The highest BCUT2D eigenvalue weighted by Crippen LogP contribution is 2.43. The number of allylic oxidation sites excluding steroid dienone is 14. The van der Waals surface area contributed by atoms with Gasteiger partial charge in [0.2, 0.25) is 0 Å². The van der Waals surface area contributed by atoms with Crippen LogP contribution in [0.1, 0.15) is 201 Å². The average Bonchev–Trinajstić information content (AvgIpc) is 3.30. The molecule has 0 aliphatic rings. The van der Waals surface area contributed by atoms with E-state index in [-0.39, 0.29) is 25.9 Å². The molecule has 0 saturated heterocycles. The first kappa shape index (κ1) is 62.7. The molecule has 0 aliphatic carbocycles. The highest BCUT2D eigenvalue weighted by Gasteiger charge is 2.28. The lowest BCUT2D eigenvalue weighted by molar-refractivity contribution is -0.161. The Balaban J connectivity index is 4.87. The van der Waals surface area contributed by atoms with Crippen molar-refractivity contribution in [2.24, 2.45) is 0 Å². The Morgan fingerprint density at radius 2 is 0.833 bits per heavy atom. The summed E-state index contributed by atoms with van der Waals surface area (Å²) in [6.45, 7) is 4.34. The minimum atomic E-state index is -4.76. The summed E-state index contributed by atoms with van der Waals surface area (Å²) in [6.07, 6.45) is 53.0. The number of phosphoric acid groups is 1. The van der Waals surface area contributed by atoms with Gasteiger partial charge >= 0.3 is 25.7 Å². The molecule has 0 aliphatic heterocycles. The number of ether oxygens (including phenoxy) is 3. The van der Waals surface area contributed by atoms with Crippen LogP contribution < -0.4 is 0 Å². The Kier molecular flexibility index (Phi) is 45.7. The molecule has 3 unspecified atom stereocenters. The van der Waals surface area contributed by atoms with Crippen LogP contribution in [0, 0.1) is 0 Å². The number of esters is 3. The van der Waals surface area contributed by atoms with Crippen LogP contribution in [0.3, 0.4) is 0 Å². The molecule has 0 amide bonds. The van der Waals surface area contributed by atoms with Crippen LogP contribution in [0.25, 0.3) is 0 Å². The van der Waals surface area contributed by atoms with Crippen molar-refractivity contribution >= 4 is 25.7 Å². The maximum Gasteiger partial charge on any atom is 0.472 e. The number of rotatable bonds is 46. The SMILES string of the molecule is CC/C=C\C/C=C\C/C=C\C/C=C\C/C=C\C/C=C\CCC(=O)OC(COC(=O)CCCCCCC/C=C\CCCC)COP(=O)(O)OCC(CO)OC(=O)CCCCCCCCCCC. The molecule has 378 valence electrons. The number of hydrogen-bond acceptors (Lipinski definition) is 10. The van der Waals surface area contributed by atoms with Crippen LogP contribution in [0.5, 0.6) is 0 Å². The van der Waals surface area contributed by atoms with Crippen molar-refractivity contribution in [2.75, 3.05) is 26.4 Å². The van der Waals surface area contributed by atoms with Crippen molar-refractivity contribution in [1.29, 1.82) is 0 Å². The molecule has 0 fully saturated rings. The largest absolute Gasteiger partial charge is 0.472 e. The predicted octanol–water partition coefficient (Wildman–Crippen LogP) is 14.4. The van der Waals surface area contributed by atoms with Crippen LogP contribution in [0.4, 0.5) is 0 Å². The normalized spacial score (nSPS) is 14.2. The smallest absolute Gasteiger partial charge is 0.462 e. The van der Waals surface area contributed by atoms with E-state index in [1.807, 2.05) is 12.2 Å². The third kappa shape index (κ3) is 45.8. The summed E-state index contributed by atoms with van der Waals surface area (Å²) in [5, 5.41) is 9.73. The van der Waals surface area contributed by atoms with Gasteiger partial charge in [0.25, 0.3) is 0 Å². The van der Waals surface area contributed by atoms with E-state index in [2.05, 4.69) is 93.7 Å². The van der Waals surface area contributed by atoms with E-state index in [1.165, 1.54) is 44.9 Å². The van der Waals surface area contributed by atoms with Gasteiger partial charge in [-0.2, -0.15) is 0 Å². The molecule has 3 atom stereocenters. The second-order valence-electron chi connectivity index (χ2n) is 16.6. The third-order valence-corrected chi connectivity index (χ3v) is 11.3. The number of hydrogen-bond donors (Lipinski definition) is 2. The topological polar surface area (TPSA) is 155 Å². The zero-order valence-electron chi connectivity index (χ0n) is 41.4. The molecule has 0 aromatic heterocycles. The van der Waals surface area contributed by atoms with Crippen molar-refractivity contribution in [3.63, 3.8) is 0 Å². The number of phosphoric ester groups is 1. The maximum absolute atomic E-state index is 12.8. The Bertz CT molecular complexity index is 1430. The molecule has 0 spiro atoms. The molecule has 2 N–H and O–H groups in total. The number of carbonyl (C=O) groups excluding carboxylic acids is 3. The minimum absolute atomic E-state index is 0.0387. The number of aliphatic hydroxyl groups is 1. The Hall–Kier alpha value is -3.34. The monoisotopic (exact) mass is 947 g/mol. The number of carbonyl (C=O) groups is 3. The molecule has 0 saturated carbocycles. The van der Waals surface area contributed by atoms with Gasteiger partial charge in [-0.25, -0.2) is 4.57 Å². The molecular weight excluding hydrogens is 856 g/mol. The summed E-state index contributed by atoms with van der Waals surface area (Å²) >= 11 is 0. The van der Waals surface area contributed by atoms with Crippen LogP contribution in [-0.2, 0) is 42.2 Å². The van der Waals surface area contributed by atoms with Gasteiger partial charge in [0.05, 0.1) is 19.8 Å². The summed E-state index contributed by atoms with van der Waals surface area (Å²) < 4.78 is 39.1. The summed E-state index contributed by atoms with van der Waals surface area (Å²) in [4.78, 5) is 48.1. The van der Waals surface area contributed by atoms with Gasteiger partial charge in [0, 0.05) is 19.3 Å². The molecule has 66 heavy (non-hydrogen) atoms. The van der Waals surface area contributed by atoms with E-state index < -0.39 is 57.8 Å². The standard InChI is InChI=1S/C54H91O11P/c1-4-7-10-13-16-19-21-22-23-24-25-26-27-28-30-33-36-39-42-45-54(58)65-51(47-61-52(56)43-40-37-34-32-29-20-17-14-11-8-5-2)49-63-66(59,60)62-48-50(46-55)64-53(57)44-41-38-35-31-18-15-12-9-6-3/h7,10,14,16-17,19,22-23,25-26,28,30,36,39,50-51,55H,4-6,8-9,11-13,15,18,20-21,24,27,29,31-35,37-38,40-49H2,1-3H3,(H,59,60)/b10-7-,17-14-,19-16-,23-22-,26-25-,30-28-,39-36-. The quantitative estimate of drug-likeness (QED) is 0.0197. The van der Waals surface area contributed by atoms with Gasteiger partial charge in [0.1, 0.15) is 12.7 Å². The minimum Gasteiger partial charge on any atom is -0.462 e. The molecular formula is C54H91O11P. The van der Waals surface area contributed by atoms with Crippen LogP contribution in [-0.4, -0.2) is 66.5 Å². The molecule has 0 bridgehead atoms. The van der Waals surface area contributed by atoms with Crippen molar-refractivity contribution in [3.8, 4) is 0 Å². The summed E-state index contributed by atoms with van der Waals surface area (Å²) in [7, 11) is -4.76. The van der Waals surface area contributed by atoms with E-state index in [0.29, 0.717) is 25.7 Å². The molecule has 11 nitrogen and oxygen atoms in total. The first-order valence-electron chi connectivity index (χ1n) is 25.5. The average molecular weight is 947 g/mol. The second-order valence-corrected chi connectivity index (χ2v) is 18.1. The van der Waals surface area contributed by atoms with Crippen LogP contribution in [0.2, 0.25) is 0 Å². The van der Waals surface area contributed by atoms with Gasteiger partial charge in [-0.05, 0) is 77.0 Å². The Labute approximate surface area is 400 Å². The van der Waals surface area contributed by atoms with Crippen LogP contribution in [0.15, 0.2) is 85.1 Å². The summed E-state index contributed by atoms with van der Waals surface area (Å²) in [5.74, 6) is -1.59. The molecule has 0 aromatic carbocycles. The van der Waals surface area contributed by atoms with Gasteiger partial charge in [-0.15, -0.1) is 0 Å². The molecule has 0 aromatic rings. The van der Waals surface area contributed by atoms with Crippen molar-refractivity contribution in [3.05, 3.63) is 85.1 Å². The van der Waals surface area contributed by atoms with Gasteiger partial charge < -0.3 is 24.2 Å². The summed E-state index contributed by atoms with van der Waals surface area (Å²) in [6, 6.07) is 0.